The van der Waals surface area contributed by atoms with Crippen LogP contribution in [0.3, 0.4) is 0 Å². The smallest absolute Gasteiger partial charge is 0.324 e. The van der Waals surface area contributed by atoms with Gasteiger partial charge in [-0.25, -0.2) is 0 Å². The van der Waals surface area contributed by atoms with Crippen molar-refractivity contribution in [1.82, 2.24) is 9.80 Å². The molecule has 0 unspecified atom stereocenters. The number of carbonyl (C=O) groups is 2. The quantitative estimate of drug-likeness (QED) is 0.746. The molecule has 1 aromatic carbocycles. The molecule has 1 amide bonds. The van der Waals surface area contributed by atoms with E-state index < -0.39 is 17.4 Å². The summed E-state index contributed by atoms with van der Waals surface area (Å²) < 4.78 is 10.3. The van der Waals surface area contributed by atoms with E-state index >= 15 is 0 Å². The molecule has 1 heterocycles. The minimum atomic E-state index is -1.06. The van der Waals surface area contributed by atoms with Gasteiger partial charge in [0, 0.05) is 26.7 Å². The number of hydrogen-bond acceptors (Lipinski definition) is 5. The maximum absolute atomic E-state index is 13.2. The van der Waals surface area contributed by atoms with E-state index in [1.807, 2.05) is 36.1 Å². The zero-order valence-electron chi connectivity index (χ0n) is 16.8. The Balaban J connectivity index is 2.42. The third-order valence-electron chi connectivity index (χ3n) is 5.80. The number of carbonyl (C=O) groups excluding carboxylic acids is 1. The van der Waals surface area contributed by atoms with Gasteiger partial charge in [-0.3, -0.25) is 14.5 Å². The summed E-state index contributed by atoms with van der Waals surface area (Å²) in [5.74, 6) is -0.669. The number of ether oxygens (including phenoxy) is 2. The van der Waals surface area contributed by atoms with Crippen molar-refractivity contribution in [3.63, 3.8) is 0 Å². The second kappa shape index (κ2) is 8.71. The van der Waals surface area contributed by atoms with Crippen LogP contribution in [0.25, 0.3) is 0 Å². The van der Waals surface area contributed by atoms with Gasteiger partial charge in [-0.05, 0) is 37.6 Å². The minimum absolute atomic E-state index is 0.0590. The van der Waals surface area contributed by atoms with Crippen molar-refractivity contribution in [3.8, 4) is 5.75 Å². The van der Waals surface area contributed by atoms with Crippen LogP contribution in [0.2, 0.25) is 0 Å². The number of carboxylic acids is 1. The molecule has 0 aromatic heterocycles. The molecule has 150 valence electrons. The number of amides is 1. The molecule has 0 bridgehead atoms. The topological polar surface area (TPSA) is 79.3 Å². The number of aliphatic carboxylic acids is 1. The Labute approximate surface area is 160 Å². The monoisotopic (exact) mass is 378 g/mol. The Hall–Kier alpha value is -2.12. The standard InChI is InChI=1S/C20H30N2O5/c1-6-20(19(24)25)13-16(18(23)21(2)11-12-26-4)17(22(20)3)14-7-9-15(27-5)10-8-14/h7-10,16-17H,6,11-13H2,1-5H3,(H,24,25)/t16-,17-,20-/m0/s1. The van der Waals surface area contributed by atoms with Crippen LogP contribution < -0.4 is 4.74 Å². The molecule has 0 aliphatic carbocycles. The zero-order chi connectivity index (χ0) is 20.2. The molecule has 2 rings (SSSR count). The van der Waals surface area contributed by atoms with Crippen molar-refractivity contribution in [1.29, 1.82) is 0 Å². The largest absolute Gasteiger partial charge is 0.497 e. The summed E-state index contributed by atoms with van der Waals surface area (Å²) >= 11 is 0. The number of methoxy groups -OCH3 is 2. The van der Waals surface area contributed by atoms with E-state index in [0.717, 1.165) is 11.3 Å². The number of likely N-dealkylation sites (tertiary alicyclic amines) is 1. The number of hydrogen-bond donors (Lipinski definition) is 1. The van der Waals surface area contributed by atoms with Crippen LogP contribution in [0.4, 0.5) is 0 Å². The molecule has 1 aromatic rings. The van der Waals surface area contributed by atoms with Crippen molar-refractivity contribution < 1.29 is 24.2 Å². The molecule has 1 saturated heterocycles. The van der Waals surface area contributed by atoms with Gasteiger partial charge in [-0.2, -0.15) is 0 Å². The normalized spacial score (nSPS) is 25.4. The lowest BCUT2D eigenvalue weighted by Gasteiger charge is -2.34. The number of rotatable bonds is 8. The van der Waals surface area contributed by atoms with E-state index in [-0.39, 0.29) is 18.4 Å². The zero-order valence-corrected chi connectivity index (χ0v) is 16.8. The molecule has 1 aliphatic heterocycles. The van der Waals surface area contributed by atoms with Crippen molar-refractivity contribution in [2.24, 2.45) is 5.92 Å². The third kappa shape index (κ3) is 3.94. The number of benzene rings is 1. The maximum Gasteiger partial charge on any atom is 0.324 e. The fraction of sp³-hybridized carbons (Fsp3) is 0.600. The SMILES string of the molecule is CC[C@@]1(C(=O)O)C[C@H](C(=O)N(C)CCOC)[C@H](c2ccc(OC)cc2)N1C. The van der Waals surface area contributed by atoms with Crippen LogP contribution >= 0.6 is 0 Å². The number of carboxylic acid groups (broad SMARTS) is 1. The first-order valence-electron chi connectivity index (χ1n) is 9.16. The molecule has 3 atom stereocenters. The van der Waals surface area contributed by atoms with E-state index in [9.17, 15) is 14.7 Å². The molecule has 7 heteroatoms. The first kappa shape index (κ1) is 21.2. The van der Waals surface area contributed by atoms with Crippen LogP contribution in [0, 0.1) is 5.92 Å². The van der Waals surface area contributed by atoms with Gasteiger partial charge in [0.15, 0.2) is 0 Å². The van der Waals surface area contributed by atoms with Gasteiger partial charge in [0.25, 0.3) is 0 Å². The summed E-state index contributed by atoms with van der Waals surface area (Å²) in [6, 6.07) is 7.17. The predicted molar refractivity (Wildman–Crippen MR) is 102 cm³/mol. The Bertz CT molecular complexity index is 663. The molecule has 0 spiro atoms. The molecular weight excluding hydrogens is 348 g/mol. The summed E-state index contributed by atoms with van der Waals surface area (Å²) in [4.78, 5) is 28.8. The first-order chi connectivity index (χ1) is 12.8. The van der Waals surface area contributed by atoms with E-state index in [1.54, 1.807) is 33.2 Å². The predicted octanol–water partition coefficient (Wildman–Crippen LogP) is 2.03. The van der Waals surface area contributed by atoms with Gasteiger partial charge < -0.3 is 19.5 Å². The summed E-state index contributed by atoms with van der Waals surface area (Å²) in [6.07, 6.45) is 0.708. The van der Waals surface area contributed by atoms with Crippen molar-refractivity contribution in [3.05, 3.63) is 29.8 Å². The molecule has 27 heavy (non-hydrogen) atoms. The molecular formula is C20H30N2O5. The highest BCUT2D eigenvalue weighted by Crippen LogP contribution is 2.48. The van der Waals surface area contributed by atoms with Gasteiger partial charge in [0.2, 0.25) is 5.91 Å². The summed E-state index contributed by atoms with van der Waals surface area (Å²) in [5.41, 5.74) is -0.152. The number of likely N-dealkylation sites (N-methyl/N-ethyl adjacent to an activating group) is 2. The second-order valence-corrected chi connectivity index (χ2v) is 7.08. The Morgan fingerprint density at radius 1 is 1.30 bits per heavy atom. The van der Waals surface area contributed by atoms with E-state index in [2.05, 4.69) is 0 Å². The Kier molecular flexibility index (Phi) is 6.84. The van der Waals surface area contributed by atoms with Gasteiger partial charge >= 0.3 is 5.97 Å². The average Bonchev–Trinajstić information content (AvgIpc) is 2.99. The third-order valence-corrected chi connectivity index (χ3v) is 5.80. The average molecular weight is 378 g/mol. The molecule has 1 N–H and O–H groups in total. The Morgan fingerprint density at radius 3 is 2.41 bits per heavy atom. The van der Waals surface area contributed by atoms with Gasteiger partial charge in [0.1, 0.15) is 11.3 Å². The van der Waals surface area contributed by atoms with Crippen LogP contribution in [0.1, 0.15) is 31.4 Å². The lowest BCUT2D eigenvalue weighted by Crippen LogP contribution is -2.48. The van der Waals surface area contributed by atoms with Crippen LogP contribution in [0.5, 0.6) is 5.75 Å². The van der Waals surface area contributed by atoms with Gasteiger partial charge in [0.05, 0.1) is 19.6 Å². The van der Waals surface area contributed by atoms with Crippen molar-refractivity contribution in [2.75, 3.05) is 41.5 Å². The molecule has 0 radical (unpaired) electrons. The van der Waals surface area contributed by atoms with Crippen molar-refractivity contribution >= 4 is 11.9 Å². The lowest BCUT2D eigenvalue weighted by molar-refractivity contribution is -0.150. The fourth-order valence-electron chi connectivity index (χ4n) is 4.04. The van der Waals surface area contributed by atoms with Crippen LogP contribution in [-0.4, -0.2) is 73.8 Å². The van der Waals surface area contributed by atoms with Gasteiger partial charge in [-0.15, -0.1) is 0 Å². The summed E-state index contributed by atoms with van der Waals surface area (Å²) in [7, 11) is 6.72. The maximum atomic E-state index is 13.2. The highest BCUT2D eigenvalue weighted by molar-refractivity contribution is 5.85. The first-order valence-corrected chi connectivity index (χ1v) is 9.16. The van der Waals surface area contributed by atoms with E-state index in [1.165, 1.54) is 0 Å². The summed E-state index contributed by atoms with van der Waals surface area (Å²) in [5, 5.41) is 9.95. The second-order valence-electron chi connectivity index (χ2n) is 7.08. The molecule has 1 aliphatic rings. The minimum Gasteiger partial charge on any atom is -0.497 e. The molecule has 1 fully saturated rings. The summed E-state index contributed by atoms with van der Waals surface area (Å²) in [6.45, 7) is 2.77. The van der Waals surface area contributed by atoms with E-state index in [4.69, 9.17) is 9.47 Å². The highest BCUT2D eigenvalue weighted by atomic mass is 16.5. The van der Waals surface area contributed by atoms with Crippen LogP contribution in [0.15, 0.2) is 24.3 Å². The fourth-order valence-corrected chi connectivity index (χ4v) is 4.04. The van der Waals surface area contributed by atoms with Crippen molar-refractivity contribution in [2.45, 2.75) is 31.3 Å². The van der Waals surface area contributed by atoms with Crippen LogP contribution in [-0.2, 0) is 14.3 Å². The highest BCUT2D eigenvalue weighted by Gasteiger charge is 2.56. The van der Waals surface area contributed by atoms with E-state index in [0.29, 0.717) is 19.6 Å². The Morgan fingerprint density at radius 2 is 1.93 bits per heavy atom. The molecule has 0 saturated carbocycles. The van der Waals surface area contributed by atoms with Gasteiger partial charge in [-0.1, -0.05) is 19.1 Å². The number of nitrogens with zero attached hydrogens (tertiary/aromatic N) is 2. The molecule has 7 nitrogen and oxygen atoms in total. The lowest BCUT2D eigenvalue weighted by atomic mass is 9.86.